The van der Waals surface area contributed by atoms with E-state index in [1.807, 2.05) is 61.5 Å². The Morgan fingerprint density at radius 2 is 1.31 bits per heavy atom. The third-order valence-electron chi connectivity index (χ3n) is 6.17. The third kappa shape index (κ3) is 6.66. The lowest BCUT2D eigenvalue weighted by molar-refractivity contribution is 0.200. The van der Waals surface area contributed by atoms with Crippen LogP contribution in [-0.2, 0) is 0 Å². The first kappa shape index (κ1) is 24.4. The van der Waals surface area contributed by atoms with Crippen molar-refractivity contribution >= 4 is 17.5 Å². The van der Waals surface area contributed by atoms with Gasteiger partial charge in [-0.1, -0.05) is 91.7 Å². The van der Waals surface area contributed by atoms with Crippen molar-refractivity contribution in [2.45, 2.75) is 51.6 Å². The summed E-state index contributed by atoms with van der Waals surface area (Å²) in [6.45, 7) is 4.65. The topological polar surface area (TPSA) is 63.0 Å². The molecule has 0 unspecified atom stereocenters. The van der Waals surface area contributed by atoms with Gasteiger partial charge >= 0.3 is 6.09 Å². The summed E-state index contributed by atoms with van der Waals surface area (Å²) < 4.78 is 5.37. The summed E-state index contributed by atoms with van der Waals surface area (Å²) in [5.74, 6) is 0.598. The van der Waals surface area contributed by atoms with Gasteiger partial charge in [0.15, 0.2) is 0 Å². The van der Waals surface area contributed by atoms with Crippen molar-refractivity contribution in [3.05, 3.63) is 102 Å². The second-order valence-corrected chi connectivity index (χ2v) is 9.12. The van der Waals surface area contributed by atoms with E-state index in [4.69, 9.17) is 14.7 Å². The molecule has 1 aliphatic heterocycles. The van der Waals surface area contributed by atoms with Crippen LogP contribution in [0.15, 0.2) is 94.9 Å². The van der Waals surface area contributed by atoms with Crippen LogP contribution in [0.25, 0.3) is 0 Å². The van der Waals surface area contributed by atoms with Crippen LogP contribution in [-0.4, -0.2) is 29.7 Å². The first-order chi connectivity index (χ1) is 17.0. The summed E-state index contributed by atoms with van der Waals surface area (Å²) in [7, 11) is 0. The first-order valence-electron chi connectivity index (χ1n) is 12.4. The van der Waals surface area contributed by atoms with E-state index in [1.54, 1.807) is 6.07 Å². The van der Waals surface area contributed by atoms with Gasteiger partial charge in [0.1, 0.15) is 11.4 Å². The van der Waals surface area contributed by atoms with Crippen LogP contribution in [0.3, 0.4) is 0 Å². The highest BCUT2D eigenvalue weighted by molar-refractivity contribution is 6.54. The number of carbonyl (C=O) groups is 1. The van der Waals surface area contributed by atoms with Crippen molar-refractivity contribution < 1.29 is 9.53 Å². The number of unbranched alkanes of at least 4 members (excludes halogenated alkanes) is 3. The largest absolute Gasteiger partial charge is 0.412 e. The standard InChI is InChI=1S/C30H33N3O2/c1-23-15-11-12-20-26(23)35-29(34)31-22-14-4-3-13-21-30(2)32-27(24-16-7-5-8-17-24)28(33-30)25-18-9-6-10-19-25/h5-12,15-20H,3-4,13-14,21-22H2,1-2H3,(H,31,34). The van der Waals surface area contributed by atoms with Crippen LogP contribution >= 0.6 is 0 Å². The monoisotopic (exact) mass is 467 g/mol. The minimum atomic E-state index is -0.452. The smallest absolute Gasteiger partial charge is 0.410 e. The quantitative estimate of drug-likeness (QED) is 0.336. The highest BCUT2D eigenvalue weighted by Gasteiger charge is 2.32. The lowest BCUT2D eigenvalue weighted by atomic mass is 10.0. The van der Waals surface area contributed by atoms with Crippen LogP contribution in [0.1, 0.15) is 55.7 Å². The Bertz CT molecular complexity index is 1130. The number of amides is 1. The number of para-hydroxylation sites is 1. The molecule has 5 heteroatoms. The molecule has 35 heavy (non-hydrogen) atoms. The highest BCUT2D eigenvalue weighted by atomic mass is 16.6. The van der Waals surface area contributed by atoms with Gasteiger partial charge in [0, 0.05) is 17.7 Å². The number of aliphatic imine (C=N–C) groups is 2. The number of aryl methyl sites for hydroxylation is 1. The maximum atomic E-state index is 12.0. The van der Waals surface area contributed by atoms with Gasteiger partial charge in [-0.2, -0.15) is 0 Å². The number of hydrogen-bond donors (Lipinski definition) is 1. The Kier molecular flexibility index (Phi) is 8.09. The maximum Gasteiger partial charge on any atom is 0.412 e. The molecule has 1 aliphatic rings. The van der Waals surface area contributed by atoms with Crippen molar-refractivity contribution in [2.75, 3.05) is 6.54 Å². The molecule has 3 aromatic carbocycles. The molecule has 0 aromatic heterocycles. The zero-order valence-corrected chi connectivity index (χ0v) is 20.5. The van der Waals surface area contributed by atoms with E-state index in [0.717, 1.165) is 60.2 Å². The van der Waals surface area contributed by atoms with Gasteiger partial charge in [-0.3, -0.25) is 9.98 Å². The number of rotatable bonds is 10. The zero-order chi connectivity index (χ0) is 24.5. The molecular formula is C30H33N3O2. The van der Waals surface area contributed by atoms with Gasteiger partial charge in [-0.15, -0.1) is 0 Å². The summed E-state index contributed by atoms with van der Waals surface area (Å²) >= 11 is 0. The van der Waals surface area contributed by atoms with Crippen LogP contribution in [0.4, 0.5) is 4.79 Å². The van der Waals surface area contributed by atoms with Crippen LogP contribution in [0.5, 0.6) is 5.75 Å². The predicted molar refractivity (Wildman–Crippen MR) is 143 cm³/mol. The lowest BCUT2D eigenvalue weighted by Gasteiger charge is -2.17. The molecule has 0 saturated heterocycles. The predicted octanol–water partition coefficient (Wildman–Crippen LogP) is 6.74. The molecule has 0 bridgehead atoms. The van der Waals surface area contributed by atoms with E-state index in [2.05, 4.69) is 36.5 Å². The Morgan fingerprint density at radius 1 is 0.771 bits per heavy atom. The second-order valence-electron chi connectivity index (χ2n) is 9.12. The summed E-state index contributed by atoms with van der Waals surface area (Å²) in [5.41, 5.74) is 4.63. The van der Waals surface area contributed by atoms with Crippen LogP contribution < -0.4 is 10.1 Å². The van der Waals surface area contributed by atoms with Crippen molar-refractivity contribution in [3.8, 4) is 5.75 Å². The molecule has 4 rings (SSSR count). The van der Waals surface area contributed by atoms with E-state index in [-0.39, 0.29) is 0 Å². The van der Waals surface area contributed by atoms with Gasteiger partial charge in [0.25, 0.3) is 0 Å². The third-order valence-corrected chi connectivity index (χ3v) is 6.17. The van der Waals surface area contributed by atoms with Crippen molar-refractivity contribution in [2.24, 2.45) is 9.98 Å². The molecule has 0 spiro atoms. The number of nitrogens with zero attached hydrogens (tertiary/aromatic N) is 2. The van der Waals surface area contributed by atoms with E-state index in [9.17, 15) is 4.79 Å². The molecule has 0 saturated carbocycles. The van der Waals surface area contributed by atoms with Gasteiger partial charge in [0.05, 0.1) is 11.4 Å². The molecule has 0 aliphatic carbocycles. The van der Waals surface area contributed by atoms with Crippen LogP contribution in [0.2, 0.25) is 0 Å². The Hall–Kier alpha value is -3.73. The summed E-state index contributed by atoms with van der Waals surface area (Å²) in [6, 6.07) is 28.1. The fraction of sp³-hybridized carbons (Fsp3) is 0.300. The number of hydrogen-bond acceptors (Lipinski definition) is 4. The maximum absolute atomic E-state index is 12.0. The van der Waals surface area contributed by atoms with Gasteiger partial charge < -0.3 is 10.1 Å². The van der Waals surface area contributed by atoms with Crippen molar-refractivity contribution in [1.29, 1.82) is 0 Å². The number of benzene rings is 3. The number of ether oxygens (including phenoxy) is 1. The van der Waals surface area contributed by atoms with Crippen LogP contribution in [0, 0.1) is 6.92 Å². The Labute approximate surface area is 208 Å². The molecule has 0 fully saturated rings. The Morgan fingerprint density at radius 3 is 1.91 bits per heavy atom. The molecule has 3 aromatic rings. The van der Waals surface area contributed by atoms with E-state index in [1.165, 1.54) is 0 Å². The molecular weight excluding hydrogens is 434 g/mol. The van der Waals surface area contributed by atoms with Crippen molar-refractivity contribution in [3.63, 3.8) is 0 Å². The van der Waals surface area contributed by atoms with Crippen molar-refractivity contribution in [1.82, 2.24) is 5.32 Å². The minimum Gasteiger partial charge on any atom is -0.410 e. The van der Waals surface area contributed by atoms with Gasteiger partial charge in [-0.05, 0) is 44.7 Å². The number of nitrogens with one attached hydrogen (secondary N) is 1. The van der Waals surface area contributed by atoms with E-state index >= 15 is 0 Å². The van der Waals surface area contributed by atoms with Gasteiger partial charge in [0.2, 0.25) is 0 Å². The zero-order valence-electron chi connectivity index (χ0n) is 20.5. The molecule has 0 radical (unpaired) electrons. The average Bonchev–Trinajstić information content (AvgIpc) is 3.24. The SMILES string of the molecule is Cc1ccccc1OC(=O)NCCCCCCC1(C)N=C(c2ccccc2)C(c2ccccc2)=N1. The van der Waals surface area contributed by atoms with Gasteiger partial charge in [-0.25, -0.2) is 4.79 Å². The first-order valence-corrected chi connectivity index (χ1v) is 12.4. The summed E-state index contributed by atoms with van der Waals surface area (Å²) in [4.78, 5) is 22.2. The fourth-order valence-corrected chi connectivity index (χ4v) is 4.25. The molecule has 1 heterocycles. The normalized spacial score (nSPS) is 14.2. The lowest BCUT2D eigenvalue weighted by Crippen LogP contribution is -2.27. The van der Waals surface area contributed by atoms with E-state index in [0.29, 0.717) is 12.3 Å². The summed E-state index contributed by atoms with van der Waals surface area (Å²) in [6.07, 6.45) is 4.53. The Balaban J connectivity index is 1.25. The van der Waals surface area contributed by atoms with E-state index < -0.39 is 11.8 Å². The highest BCUT2D eigenvalue weighted by Crippen LogP contribution is 2.30. The molecule has 1 amide bonds. The summed E-state index contributed by atoms with van der Waals surface area (Å²) in [5, 5.41) is 2.84. The molecule has 5 nitrogen and oxygen atoms in total. The minimum absolute atomic E-state index is 0.400. The number of carbonyl (C=O) groups excluding carboxylic acids is 1. The average molecular weight is 468 g/mol. The fourth-order valence-electron chi connectivity index (χ4n) is 4.25. The second kappa shape index (κ2) is 11.6. The molecule has 0 atom stereocenters. The molecule has 1 N–H and O–H groups in total. The molecule has 180 valence electrons.